The van der Waals surface area contributed by atoms with E-state index < -0.39 is 0 Å². The average molecular weight is 395 g/mol. The average Bonchev–Trinajstić information content (AvgIpc) is 3.38. The zero-order valence-corrected chi connectivity index (χ0v) is 15.4. The first-order chi connectivity index (χ1) is 14.1. The van der Waals surface area contributed by atoms with Crippen molar-refractivity contribution in [3.8, 4) is 0 Å². The van der Waals surface area contributed by atoms with Crippen LogP contribution in [0.2, 0.25) is 0 Å². The number of aromatic nitrogens is 2. The number of pyridine rings is 1. The van der Waals surface area contributed by atoms with Gasteiger partial charge in [0.05, 0.1) is 6.54 Å². The van der Waals surface area contributed by atoms with E-state index in [4.69, 9.17) is 4.52 Å². The van der Waals surface area contributed by atoms with Gasteiger partial charge in [-0.2, -0.15) is 0 Å². The van der Waals surface area contributed by atoms with Gasteiger partial charge >= 0.3 is 6.03 Å². The Bertz CT molecular complexity index is 1010. The summed E-state index contributed by atoms with van der Waals surface area (Å²) in [6.45, 7) is 1.59. The Morgan fingerprint density at radius 2 is 2.00 bits per heavy atom. The van der Waals surface area contributed by atoms with Crippen LogP contribution in [0, 0.1) is 5.82 Å². The summed E-state index contributed by atoms with van der Waals surface area (Å²) in [5.74, 6) is -0.205. The molecular formula is C20H18FN5O3. The van der Waals surface area contributed by atoms with Gasteiger partial charge in [-0.1, -0.05) is 17.3 Å². The van der Waals surface area contributed by atoms with Crippen LogP contribution in [0.15, 0.2) is 59.4 Å². The Hall–Kier alpha value is -3.75. The second kappa shape index (κ2) is 8.09. The summed E-state index contributed by atoms with van der Waals surface area (Å²) in [4.78, 5) is 32.6. The molecule has 1 fully saturated rings. The van der Waals surface area contributed by atoms with Crippen LogP contribution in [0.4, 0.5) is 15.0 Å². The van der Waals surface area contributed by atoms with Gasteiger partial charge in [-0.25, -0.2) is 14.2 Å². The van der Waals surface area contributed by atoms with Gasteiger partial charge in [0.1, 0.15) is 23.6 Å². The van der Waals surface area contributed by atoms with Crippen LogP contribution >= 0.6 is 0 Å². The fourth-order valence-corrected chi connectivity index (χ4v) is 3.06. The standard InChI is InChI=1S/C20H18FN5O3/c21-16-3-1-14(2-4-16)13-25-8-9-26(20(25)28)18-11-15(5-7-22-18)19(27)23-12-17-6-10-29-24-17/h1-7,10-11H,8-9,12-13H2,(H,23,27). The van der Waals surface area contributed by atoms with Gasteiger partial charge in [0.2, 0.25) is 0 Å². The quantitative estimate of drug-likeness (QED) is 0.693. The van der Waals surface area contributed by atoms with Crippen LogP contribution < -0.4 is 10.2 Å². The van der Waals surface area contributed by atoms with Crippen LogP contribution in [0.5, 0.6) is 0 Å². The smallest absolute Gasteiger partial charge is 0.326 e. The Balaban J connectivity index is 1.41. The molecule has 8 nitrogen and oxygen atoms in total. The van der Waals surface area contributed by atoms with E-state index in [0.29, 0.717) is 36.7 Å². The van der Waals surface area contributed by atoms with Crippen LogP contribution in [0.3, 0.4) is 0 Å². The second-order valence-corrected chi connectivity index (χ2v) is 6.56. The van der Waals surface area contributed by atoms with Gasteiger partial charge in [0.15, 0.2) is 0 Å². The van der Waals surface area contributed by atoms with E-state index in [1.54, 1.807) is 35.2 Å². The van der Waals surface area contributed by atoms with Crippen LogP contribution in [-0.2, 0) is 13.1 Å². The van der Waals surface area contributed by atoms with Crippen molar-refractivity contribution in [2.24, 2.45) is 0 Å². The molecular weight excluding hydrogens is 377 g/mol. The van der Waals surface area contributed by atoms with E-state index >= 15 is 0 Å². The maximum atomic E-state index is 13.1. The number of carbonyl (C=O) groups excluding carboxylic acids is 2. The van der Waals surface area contributed by atoms with Crippen LogP contribution in [0.25, 0.3) is 0 Å². The lowest BCUT2D eigenvalue weighted by molar-refractivity contribution is 0.0950. The Kier molecular flexibility index (Phi) is 5.19. The van der Waals surface area contributed by atoms with E-state index in [1.165, 1.54) is 29.5 Å². The SMILES string of the molecule is O=C(NCc1ccon1)c1ccnc(N2CCN(Cc3ccc(F)cc3)C2=O)c1. The molecule has 1 aliphatic rings. The summed E-state index contributed by atoms with van der Waals surface area (Å²) in [6, 6.07) is 10.7. The zero-order valence-electron chi connectivity index (χ0n) is 15.4. The summed E-state index contributed by atoms with van der Waals surface area (Å²) >= 11 is 0. The molecule has 3 aromatic rings. The fourth-order valence-electron chi connectivity index (χ4n) is 3.06. The number of carbonyl (C=O) groups is 2. The van der Waals surface area contributed by atoms with E-state index in [1.807, 2.05) is 0 Å². The molecule has 1 N–H and O–H groups in total. The number of nitrogens with zero attached hydrogens (tertiary/aromatic N) is 4. The lowest BCUT2D eigenvalue weighted by Crippen LogP contribution is -2.32. The number of nitrogens with one attached hydrogen (secondary N) is 1. The third-order valence-corrected chi connectivity index (χ3v) is 4.59. The third-order valence-electron chi connectivity index (χ3n) is 4.59. The molecule has 0 radical (unpaired) electrons. The number of rotatable bonds is 6. The highest BCUT2D eigenvalue weighted by molar-refractivity contribution is 5.97. The highest BCUT2D eigenvalue weighted by atomic mass is 19.1. The van der Waals surface area contributed by atoms with Crippen molar-refractivity contribution in [1.82, 2.24) is 20.4 Å². The molecule has 0 aliphatic carbocycles. The van der Waals surface area contributed by atoms with Crippen molar-refractivity contribution in [3.63, 3.8) is 0 Å². The molecule has 1 aliphatic heterocycles. The molecule has 29 heavy (non-hydrogen) atoms. The Morgan fingerprint density at radius 1 is 1.17 bits per heavy atom. The predicted molar refractivity (Wildman–Crippen MR) is 101 cm³/mol. The lowest BCUT2D eigenvalue weighted by Gasteiger charge is -2.18. The normalized spacial score (nSPS) is 13.8. The fraction of sp³-hybridized carbons (Fsp3) is 0.200. The molecule has 0 atom stereocenters. The van der Waals surface area contributed by atoms with Crippen molar-refractivity contribution in [3.05, 3.63) is 77.6 Å². The summed E-state index contributed by atoms with van der Waals surface area (Å²) in [6.07, 6.45) is 2.93. The highest BCUT2D eigenvalue weighted by Gasteiger charge is 2.30. The van der Waals surface area contributed by atoms with Crippen molar-refractivity contribution < 1.29 is 18.5 Å². The van der Waals surface area contributed by atoms with Crippen molar-refractivity contribution in [1.29, 1.82) is 0 Å². The maximum absolute atomic E-state index is 13.1. The van der Waals surface area contributed by atoms with Crippen molar-refractivity contribution in [2.75, 3.05) is 18.0 Å². The number of amides is 3. The summed E-state index contributed by atoms with van der Waals surface area (Å²) in [5.41, 5.74) is 1.85. The molecule has 4 rings (SSSR count). The van der Waals surface area contributed by atoms with Crippen molar-refractivity contribution >= 4 is 17.8 Å². The Morgan fingerprint density at radius 3 is 2.76 bits per heavy atom. The molecule has 3 heterocycles. The third kappa shape index (κ3) is 4.23. The monoisotopic (exact) mass is 395 g/mol. The number of anilines is 1. The molecule has 1 saturated heterocycles. The van der Waals surface area contributed by atoms with Crippen LogP contribution in [-0.4, -0.2) is 40.1 Å². The van der Waals surface area contributed by atoms with E-state index in [2.05, 4.69) is 15.5 Å². The van der Waals surface area contributed by atoms with Crippen LogP contribution in [0.1, 0.15) is 21.6 Å². The van der Waals surface area contributed by atoms with E-state index in [-0.39, 0.29) is 24.3 Å². The summed E-state index contributed by atoms with van der Waals surface area (Å²) in [7, 11) is 0. The van der Waals surface area contributed by atoms with Gasteiger partial charge in [-0.3, -0.25) is 9.69 Å². The predicted octanol–water partition coefficient (Wildman–Crippen LogP) is 2.58. The number of halogens is 1. The minimum absolute atomic E-state index is 0.206. The minimum atomic E-state index is -0.314. The van der Waals surface area contributed by atoms with Gasteiger partial charge in [0.25, 0.3) is 5.91 Å². The molecule has 3 amide bonds. The number of hydrogen-bond donors (Lipinski definition) is 1. The number of hydrogen-bond acceptors (Lipinski definition) is 5. The zero-order chi connectivity index (χ0) is 20.2. The molecule has 1 aromatic carbocycles. The molecule has 0 bridgehead atoms. The first-order valence-corrected chi connectivity index (χ1v) is 9.04. The Labute approximate surface area is 165 Å². The molecule has 0 spiro atoms. The van der Waals surface area contributed by atoms with Gasteiger partial charge in [-0.05, 0) is 29.8 Å². The number of benzene rings is 1. The molecule has 9 heteroatoms. The molecule has 148 valence electrons. The minimum Gasteiger partial charge on any atom is -0.364 e. The highest BCUT2D eigenvalue weighted by Crippen LogP contribution is 2.21. The first kappa shape index (κ1) is 18.6. The van der Waals surface area contributed by atoms with Gasteiger partial charge in [-0.15, -0.1) is 0 Å². The molecule has 0 unspecified atom stereocenters. The number of urea groups is 1. The van der Waals surface area contributed by atoms with Crippen molar-refractivity contribution in [2.45, 2.75) is 13.1 Å². The van der Waals surface area contributed by atoms with E-state index in [9.17, 15) is 14.0 Å². The maximum Gasteiger partial charge on any atom is 0.326 e. The summed E-state index contributed by atoms with van der Waals surface area (Å²) in [5, 5.41) is 6.48. The van der Waals surface area contributed by atoms with E-state index in [0.717, 1.165) is 5.56 Å². The second-order valence-electron chi connectivity index (χ2n) is 6.56. The lowest BCUT2D eigenvalue weighted by atomic mass is 10.2. The van der Waals surface area contributed by atoms with Gasteiger partial charge in [0, 0.05) is 37.5 Å². The summed E-state index contributed by atoms with van der Waals surface area (Å²) < 4.78 is 17.8. The molecule has 2 aromatic heterocycles. The first-order valence-electron chi connectivity index (χ1n) is 9.04. The topological polar surface area (TPSA) is 91.6 Å². The largest absolute Gasteiger partial charge is 0.364 e. The van der Waals surface area contributed by atoms with Gasteiger partial charge < -0.3 is 14.7 Å². The molecule has 0 saturated carbocycles.